The van der Waals surface area contributed by atoms with E-state index in [1.807, 2.05) is 44.9 Å². The first-order chi connectivity index (χ1) is 36.9. The highest BCUT2D eigenvalue weighted by atomic mass is 16.6. The van der Waals surface area contributed by atoms with Gasteiger partial charge in [-0.1, -0.05) is 6.92 Å². The van der Waals surface area contributed by atoms with Crippen LogP contribution < -0.4 is 29.7 Å². The van der Waals surface area contributed by atoms with Crippen LogP contribution in [0.3, 0.4) is 0 Å². The fourth-order valence-electron chi connectivity index (χ4n) is 12.3. The highest BCUT2D eigenvalue weighted by Gasteiger charge is 2.58. The molecule has 10 rings (SSSR count). The van der Waals surface area contributed by atoms with Crippen molar-refractivity contribution >= 4 is 34.8 Å². The third-order valence-corrected chi connectivity index (χ3v) is 16.2. The van der Waals surface area contributed by atoms with E-state index in [1.54, 1.807) is 61.1 Å². The molecule has 21 heteroatoms. The Kier molecular flexibility index (Phi) is 14.9. The minimum atomic E-state index is -0.949. The first-order valence-corrected chi connectivity index (χ1v) is 26.0. The van der Waals surface area contributed by atoms with Crippen molar-refractivity contribution in [3.63, 3.8) is 0 Å². The van der Waals surface area contributed by atoms with Crippen LogP contribution in [0.15, 0.2) is 74.9 Å². The van der Waals surface area contributed by atoms with Crippen LogP contribution in [0.1, 0.15) is 78.0 Å². The zero-order chi connectivity index (χ0) is 53.3. The van der Waals surface area contributed by atoms with E-state index in [2.05, 4.69) is 43.9 Å². The van der Waals surface area contributed by atoms with Gasteiger partial charge in [0.1, 0.15) is 12.1 Å². The number of ether oxygens (including phenoxy) is 5. The van der Waals surface area contributed by atoms with E-state index in [0.717, 1.165) is 57.6 Å². The smallest absolute Gasteiger partial charge is 0.493 e. The Balaban J connectivity index is 0.983. The second kappa shape index (κ2) is 21.9. The van der Waals surface area contributed by atoms with Crippen molar-refractivity contribution < 1.29 is 46.9 Å². The molecule has 7 heterocycles. The molecule has 1 saturated carbocycles. The van der Waals surface area contributed by atoms with Crippen molar-refractivity contribution in [2.75, 3.05) is 92.7 Å². The number of anilines is 1. The van der Waals surface area contributed by atoms with Gasteiger partial charge in [-0.05, 0) is 110 Å². The molecule has 0 N–H and O–H groups in total. The van der Waals surface area contributed by atoms with Gasteiger partial charge in [0.05, 0.1) is 52.1 Å². The number of amides is 3. The van der Waals surface area contributed by atoms with Crippen molar-refractivity contribution in [3.05, 3.63) is 111 Å². The van der Waals surface area contributed by atoms with Gasteiger partial charge in [-0.25, -0.2) is 24.2 Å². The van der Waals surface area contributed by atoms with Crippen LogP contribution in [0.4, 0.5) is 10.6 Å². The van der Waals surface area contributed by atoms with Crippen LogP contribution in [-0.2, 0) is 45.9 Å². The van der Waals surface area contributed by atoms with Crippen LogP contribution in [-0.4, -0.2) is 150 Å². The molecule has 2 aromatic carbocycles. The van der Waals surface area contributed by atoms with Crippen LogP contribution in [0.2, 0.25) is 0 Å². The predicted octanol–water partition coefficient (Wildman–Crippen LogP) is 5.78. The van der Waals surface area contributed by atoms with Crippen LogP contribution in [0.5, 0.6) is 23.0 Å². The zero-order valence-electron chi connectivity index (χ0n) is 44.3. The molecule has 4 atom stereocenters. The number of fused-ring (bicyclic) bond motifs is 4. The minimum absolute atomic E-state index is 0.0108. The Morgan fingerprint density at radius 2 is 1.55 bits per heavy atom. The second-order valence-corrected chi connectivity index (χ2v) is 20.0. The Labute approximate surface area is 440 Å². The highest BCUT2D eigenvalue weighted by Crippen LogP contribution is 2.59. The number of carbonyl (C=O) groups is 3. The van der Waals surface area contributed by atoms with Gasteiger partial charge in [0.15, 0.2) is 46.8 Å². The lowest BCUT2D eigenvalue weighted by atomic mass is 9.58. The Morgan fingerprint density at radius 3 is 2.25 bits per heavy atom. The molecular weight excluding hydrogens is 977 g/mol. The topological polar surface area (TPSA) is 213 Å². The van der Waals surface area contributed by atoms with Crippen molar-refractivity contribution in [1.82, 2.24) is 44.3 Å². The molecule has 4 aliphatic rings. The number of pyridine rings is 1. The average molecular weight is 1040 g/mol. The van der Waals surface area contributed by atoms with Crippen molar-refractivity contribution in [1.29, 1.82) is 0 Å². The van der Waals surface area contributed by atoms with Crippen LogP contribution in [0.25, 0.3) is 11.0 Å². The van der Waals surface area contributed by atoms with E-state index < -0.39 is 17.5 Å². The molecule has 402 valence electrons. The SMILES string of the molecule is CCN1CCc2cc(OC)c(OC)cc2C1C1CC(C(=O)N2CCN(c3ncnc4c3cnn4Cc3ccncc3)CC2)CCC12c1cc(OC)c(OC)cc1CCN2C(=O)CCN(C)C(=O)OCc1oc(=O)oc1C. The van der Waals surface area contributed by atoms with Gasteiger partial charge in [0.25, 0.3) is 0 Å². The lowest BCUT2D eigenvalue weighted by Gasteiger charge is -2.59. The summed E-state index contributed by atoms with van der Waals surface area (Å²) in [5.74, 6) is 1.87. The molecule has 6 aromatic rings. The summed E-state index contributed by atoms with van der Waals surface area (Å²) in [4.78, 5) is 79.2. The van der Waals surface area contributed by atoms with Gasteiger partial charge in [-0.15, -0.1) is 0 Å². The predicted molar refractivity (Wildman–Crippen MR) is 278 cm³/mol. The summed E-state index contributed by atoms with van der Waals surface area (Å²) in [5.41, 5.74) is 5.05. The van der Waals surface area contributed by atoms with Gasteiger partial charge >= 0.3 is 11.9 Å². The number of nitrogens with zero attached hydrogens (tertiary/aromatic N) is 10. The normalized spacial score (nSPS) is 20.5. The van der Waals surface area contributed by atoms with E-state index in [-0.39, 0.29) is 60.8 Å². The van der Waals surface area contributed by atoms with Crippen LogP contribution >= 0.6 is 0 Å². The summed E-state index contributed by atoms with van der Waals surface area (Å²) in [6.07, 6.45) is 9.02. The molecule has 2 fully saturated rings. The quantitative estimate of drug-likeness (QED) is 0.119. The summed E-state index contributed by atoms with van der Waals surface area (Å²) in [5, 5.41) is 5.53. The summed E-state index contributed by atoms with van der Waals surface area (Å²) in [7, 11) is 8.09. The molecule has 0 radical (unpaired) electrons. The summed E-state index contributed by atoms with van der Waals surface area (Å²) >= 11 is 0. The number of aromatic nitrogens is 5. The zero-order valence-corrected chi connectivity index (χ0v) is 44.3. The molecule has 4 unspecified atom stereocenters. The number of benzene rings is 2. The molecule has 21 nitrogen and oxygen atoms in total. The fraction of sp³-hybridized carbons (Fsp3) is 0.491. The van der Waals surface area contributed by atoms with Crippen LogP contribution in [0, 0.1) is 18.8 Å². The Bertz CT molecular complexity index is 3150. The molecular formula is C55H66N10O11. The molecule has 1 spiro atoms. The van der Waals surface area contributed by atoms with E-state index in [1.165, 1.54) is 4.90 Å². The standard InChI is InChI=1S/C55H66N10O11/c1-8-61-19-12-36-26-43(70-4)45(72-6)28-39(36)49(61)42-25-38(52(67)63-23-21-62(22-24-63)50-40-30-59-65(51(40)58-33-57-50)31-35-10-16-56-17-11-35)9-15-55(42)41-29-46(73-7)44(71-5)27-37(41)13-20-64(55)48(66)14-18-60(3)53(68)74-32-47-34(2)75-54(69)76-47/h10-11,16-17,26-30,33,38,42,49H,8-9,12-15,18-25,31-32H2,1-7H3. The summed E-state index contributed by atoms with van der Waals surface area (Å²) in [6.45, 7) is 8.01. The monoisotopic (exact) mass is 1040 g/mol. The summed E-state index contributed by atoms with van der Waals surface area (Å²) < 4.78 is 41.0. The van der Waals surface area contributed by atoms with E-state index >= 15 is 9.59 Å². The van der Waals surface area contributed by atoms with Gasteiger partial charge in [-0.3, -0.25) is 19.5 Å². The number of methoxy groups -OCH3 is 4. The number of hydrogen-bond donors (Lipinski definition) is 0. The maximum Gasteiger partial charge on any atom is 0.519 e. The Morgan fingerprint density at radius 1 is 0.855 bits per heavy atom. The third-order valence-electron chi connectivity index (χ3n) is 16.2. The van der Waals surface area contributed by atoms with Gasteiger partial charge in [-0.2, -0.15) is 5.10 Å². The maximum atomic E-state index is 15.4. The summed E-state index contributed by atoms with van der Waals surface area (Å²) in [6, 6.07) is 11.9. The largest absolute Gasteiger partial charge is 0.519 e. The van der Waals surface area contributed by atoms with Gasteiger partial charge in [0.2, 0.25) is 11.8 Å². The number of piperazine rings is 1. The number of rotatable bonds is 15. The molecule has 1 saturated heterocycles. The molecule has 1 aliphatic carbocycles. The fourth-order valence-corrected chi connectivity index (χ4v) is 12.3. The van der Waals surface area contributed by atoms with Gasteiger partial charge < -0.3 is 52.1 Å². The lowest BCUT2D eigenvalue weighted by Crippen LogP contribution is -2.63. The first kappa shape index (κ1) is 51.8. The lowest BCUT2D eigenvalue weighted by molar-refractivity contribution is -0.153. The number of likely N-dealkylation sites (N-methyl/N-ethyl adjacent to an activating group) is 1. The van der Waals surface area contributed by atoms with E-state index in [9.17, 15) is 9.59 Å². The third kappa shape index (κ3) is 9.64. The highest BCUT2D eigenvalue weighted by molar-refractivity contribution is 5.87. The van der Waals surface area contributed by atoms with Crippen molar-refractivity contribution in [2.24, 2.45) is 11.8 Å². The second-order valence-electron chi connectivity index (χ2n) is 20.0. The number of hydrogen-bond acceptors (Lipinski definition) is 17. The molecule has 4 aromatic heterocycles. The number of carbonyl (C=O) groups excluding carboxylic acids is 3. The maximum absolute atomic E-state index is 15.4. The first-order valence-electron chi connectivity index (χ1n) is 26.0. The number of aryl methyl sites for hydroxylation is 1. The minimum Gasteiger partial charge on any atom is -0.493 e. The van der Waals surface area contributed by atoms with E-state index in [4.69, 9.17) is 37.5 Å². The average Bonchev–Trinajstić information content (AvgIpc) is 4.07. The molecule has 76 heavy (non-hydrogen) atoms. The molecule has 3 amide bonds. The Hall–Kier alpha value is -7.68. The van der Waals surface area contributed by atoms with Gasteiger partial charge in [0, 0.05) is 89.6 Å². The van der Waals surface area contributed by atoms with E-state index in [0.29, 0.717) is 94.5 Å². The molecule has 0 bridgehead atoms. The molecule has 3 aliphatic heterocycles. The van der Waals surface area contributed by atoms with Crippen molar-refractivity contribution in [3.8, 4) is 23.0 Å². The van der Waals surface area contributed by atoms with Crippen molar-refractivity contribution in [2.45, 2.75) is 77.1 Å².